The van der Waals surface area contributed by atoms with Crippen molar-refractivity contribution in [2.45, 2.75) is 6.61 Å². The van der Waals surface area contributed by atoms with E-state index < -0.39 is 0 Å². The van der Waals surface area contributed by atoms with E-state index in [-0.39, 0.29) is 6.03 Å². The summed E-state index contributed by atoms with van der Waals surface area (Å²) in [4.78, 5) is 12.4. The fraction of sp³-hybridized carbons (Fsp3) is 0.0833. The normalized spacial score (nSPS) is 10.5. The molecule has 31 heavy (non-hydrogen) atoms. The van der Waals surface area contributed by atoms with E-state index in [2.05, 4.69) is 15.7 Å². The summed E-state index contributed by atoms with van der Waals surface area (Å²) in [5.41, 5.74) is 3.41. The molecule has 7 heteroatoms. The Balaban J connectivity index is 1.34. The van der Waals surface area contributed by atoms with Crippen molar-refractivity contribution < 1.29 is 9.53 Å². The molecule has 0 unspecified atom stereocenters. The highest BCUT2D eigenvalue weighted by Crippen LogP contribution is 2.23. The van der Waals surface area contributed by atoms with E-state index in [1.165, 1.54) is 0 Å². The number of aryl methyl sites for hydroxylation is 1. The first-order valence-corrected chi connectivity index (χ1v) is 10.1. The van der Waals surface area contributed by atoms with Crippen molar-refractivity contribution in [2.75, 3.05) is 10.6 Å². The van der Waals surface area contributed by atoms with Gasteiger partial charge in [-0.2, -0.15) is 5.10 Å². The number of aromatic nitrogens is 2. The SMILES string of the molecule is Cn1nc(-c2ccc(Cl)cc2)cc1NC(=O)Nc1ccc(OCc2ccccc2)cc1. The molecule has 0 spiro atoms. The van der Waals surface area contributed by atoms with Crippen LogP contribution in [0.1, 0.15) is 5.56 Å². The summed E-state index contributed by atoms with van der Waals surface area (Å²) in [6.07, 6.45) is 0. The molecule has 0 bridgehead atoms. The average molecular weight is 433 g/mol. The number of ether oxygens (including phenoxy) is 1. The van der Waals surface area contributed by atoms with Crippen molar-refractivity contribution in [1.29, 1.82) is 0 Å². The monoisotopic (exact) mass is 432 g/mol. The number of anilines is 2. The lowest BCUT2D eigenvalue weighted by Crippen LogP contribution is -2.20. The quantitative estimate of drug-likeness (QED) is 0.394. The molecule has 0 saturated heterocycles. The first kappa shape index (κ1) is 20.5. The standard InChI is InChI=1S/C24H21ClN4O2/c1-29-23(15-22(28-29)18-7-9-19(25)10-8-18)27-24(30)26-20-11-13-21(14-12-20)31-16-17-5-3-2-4-6-17/h2-15H,16H2,1H3,(H2,26,27,30). The minimum Gasteiger partial charge on any atom is -0.489 e. The van der Waals surface area contributed by atoms with Gasteiger partial charge in [0.1, 0.15) is 18.2 Å². The van der Waals surface area contributed by atoms with Gasteiger partial charge in [0.15, 0.2) is 0 Å². The van der Waals surface area contributed by atoms with Crippen LogP contribution in [0.15, 0.2) is 84.9 Å². The van der Waals surface area contributed by atoms with Gasteiger partial charge in [-0.3, -0.25) is 10.00 Å². The van der Waals surface area contributed by atoms with Crippen LogP contribution in [0.3, 0.4) is 0 Å². The predicted octanol–water partition coefficient (Wildman–Crippen LogP) is 5.96. The second kappa shape index (κ2) is 9.36. The molecule has 2 amide bonds. The van der Waals surface area contributed by atoms with Crippen LogP contribution in [0, 0.1) is 0 Å². The molecule has 0 radical (unpaired) electrons. The van der Waals surface area contributed by atoms with Gasteiger partial charge in [-0.05, 0) is 42.0 Å². The first-order valence-electron chi connectivity index (χ1n) is 9.71. The summed E-state index contributed by atoms with van der Waals surface area (Å²) in [5, 5.41) is 10.7. The number of carbonyl (C=O) groups excluding carboxylic acids is 1. The van der Waals surface area contributed by atoms with E-state index in [1.54, 1.807) is 36.0 Å². The highest BCUT2D eigenvalue weighted by atomic mass is 35.5. The topological polar surface area (TPSA) is 68.2 Å². The third-order valence-corrected chi connectivity index (χ3v) is 4.87. The van der Waals surface area contributed by atoms with Crippen LogP contribution in [0.5, 0.6) is 5.75 Å². The van der Waals surface area contributed by atoms with Crippen LogP contribution in [0.4, 0.5) is 16.3 Å². The molecule has 0 atom stereocenters. The van der Waals surface area contributed by atoms with Gasteiger partial charge in [-0.1, -0.05) is 54.1 Å². The number of hydrogen-bond donors (Lipinski definition) is 2. The van der Waals surface area contributed by atoms with Gasteiger partial charge in [-0.15, -0.1) is 0 Å². The molecule has 0 aliphatic carbocycles. The number of rotatable bonds is 6. The van der Waals surface area contributed by atoms with E-state index in [0.29, 0.717) is 23.1 Å². The molecule has 3 aromatic carbocycles. The lowest BCUT2D eigenvalue weighted by Gasteiger charge is -2.09. The van der Waals surface area contributed by atoms with Crippen molar-refractivity contribution in [2.24, 2.45) is 7.05 Å². The van der Waals surface area contributed by atoms with Crippen LogP contribution >= 0.6 is 11.6 Å². The summed E-state index contributed by atoms with van der Waals surface area (Å²) in [5.74, 6) is 1.30. The molecular formula is C24H21ClN4O2. The van der Waals surface area contributed by atoms with Crippen LogP contribution in [0.2, 0.25) is 5.02 Å². The van der Waals surface area contributed by atoms with E-state index in [9.17, 15) is 4.79 Å². The number of hydrogen-bond acceptors (Lipinski definition) is 3. The lowest BCUT2D eigenvalue weighted by atomic mass is 10.1. The van der Waals surface area contributed by atoms with Crippen molar-refractivity contribution in [3.8, 4) is 17.0 Å². The number of amides is 2. The van der Waals surface area contributed by atoms with Crippen LogP contribution < -0.4 is 15.4 Å². The molecule has 0 saturated carbocycles. The van der Waals surface area contributed by atoms with Crippen molar-refractivity contribution in [1.82, 2.24) is 9.78 Å². The third-order valence-electron chi connectivity index (χ3n) is 4.62. The second-order valence-electron chi connectivity index (χ2n) is 6.92. The maximum absolute atomic E-state index is 12.4. The number of nitrogens with zero attached hydrogens (tertiary/aromatic N) is 2. The summed E-state index contributed by atoms with van der Waals surface area (Å²) in [7, 11) is 1.77. The Kier molecular flexibility index (Phi) is 6.19. The number of carbonyl (C=O) groups is 1. The van der Waals surface area contributed by atoms with E-state index in [1.807, 2.05) is 60.7 Å². The maximum Gasteiger partial charge on any atom is 0.324 e. The van der Waals surface area contributed by atoms with Gasteiger partial charge in [-0.25, -0.2) is 4.79 Å². The highest BCUT2D eigenvalue weighted by molar-refractivity contribution is 6.30. The zero-order valence-corrected chi connectivity index (χ0v) is 17.6. The number of urea groups is 1. The molecular weight excluding hydrogens is 412 g/mol. The number of benzene rings is 3. The number of halogens is 1. The minimum absolute atomic E-state index is 0.358. The zero-order valence-electron chi connectivity index (χ0n) is 16.9. The van der Waals surface area contributed by atoms with Crippen molar-refractivity contribution >= 4 is 29.1 Å². The largest absolute Gasteiger partial charge is 0.489 e. The van der Waals surface area contributed by atoms with Gasteiger partial charge >= 0.3 is 6.03 Å². The molecule has 1 aromatic heterocycles. The van der Waals surface area contributed by atoms with Crippen LogP contribution in [0.25, 0.3) is 11.3 Å². The smallest absolute Gasteiger partial charge is 0.324 e. The van der Waals surface area contributed by atoms with Crippen LogP contribution in [-0.2, 0) is 13.7 Å². The van der Waals surface area contributed by atoms with E-state index >= 15 is 0 Å². The molecule has 1 heterocycles. The summed E-state index contributed by atoms with van der Waals surface area (Å²) in [6.45, 7) is 0.491. The Bertz CT molecular complexity index is 1160. The lowest BCUT2D eigenvalue weighted by molar-refractivity contribution is 0.262. The molecule has 4 aromatic rings. The second-order valence-corrected chi connectivity index (χ2v) is 7.36. The Morgan fingerprint density at radius 2 is 1.68 bits per heavy atom. The minimum atomic E-state index is -0.358. The van der Waals surface area contributed by atoms with Gasteiger partial charge in [0.05, 0.1) is 5.69 Å². The van der Waals surface area contributed by atoms with Gasteiger partial charge in [0, 0.05) is 29.4 Å². The van der Waals surface area contributed by atoms with Gasteiger partial charge in [0.25, 0.3) is 0 Å². The van der Waals surface area contributed by atoms with Gasteiger partial charge in [0.2, 0.25) is 0 Å². The molecule has 4 rings (SSSR count). The van der Waals surface area contributed by atoms with Crippen molar-refractivity contribution in [3.05, 3.63) is 95.5 Å². The summed E-state index contributed by atoms with van der Waals surface area (Å²) < 4.78 is 7.38. The fourth-order valence-corrected chi connectivity index (χ4v) is 3.13. The fourth-order valence-electron chi connectivity index (χ4n) is 3.00. The van der Waals surface area contributed by atoms with E-state index in [0.717, 1.165) is 22.6 Å². The molecule has 0 aliphatic rings. The molecule has 0 aliphatic heterocycles. The summed E-state index contributed by atoms with van der Waals surface area (Å²) >= 11 is 5.94. The predicted molar refractivity (Wildman–Crippen MR) is 124 cm³/mol. The third kappa shape index (κ3) is 5.43. The molecule has 2 N–H and O–H groups in total. The zero-order chi connectivity index (χ0) is 21.6. The molecule has 156 valence electrons. The van der Waals surface area contributed by atoms with Gasteiger partial charge < -0.3 is 10.1 Å². The maximum atomic E-state index is 12.4. The summed E-state index contributed by atoms with van der Waals surface area (Å²) in [6, 6.07) is 26.0. The Labute approximate surface area is 185 Å². The Morgan fingerprint density at radius 3 is 2.39 bits per heavy atom. The van der Waals surface area contributed by atoms with E-state index in [4.69, 9.17) is 16.3 Å². The Morgan fingerprint density at radius 1 is 0.968 bits per heavy atom. The first-order chi connectivity index (χ1) is 15.1. The average Bonchev–Trinajstić information content (AvgIpc) is 3.14. The molecule has 6 nitrogen and oxygen atoms in total. The molecule has 0 fully saturated rings. The highest BCUT2D eigenvalue weighted by Gasteiger charge is 2.10. The Hall–Kier alpha value is -3.77. The number of nitrogens with one attached hydrogen (secondary N) is 2. The van der Waals surface area contributed by atoms with Crippen molar-refractivity contribution in [3.63, 3.8) is 0 Å². The van der Waals surface area contributed by atoms with Crippen LogP contribution in [-0.4, -0.2) is 15.8 Å².